The number of hydrogen-bond acceptors (Lipinski definition) is 5. The van der Waals surface area contributed by atoms with Crippen LogP contribution in [0.15, 0.2) is 18.3 Å². The van der Waals surface area contributed by atoms with E-state index < -0.39 is 11.9 Å². The number of aromatic nitrogens is 1. The van der Waals surface area contributed by atoms with Gasteiger partial charge in [-0.3, -0.25) is 19.3 Å². The van der Waals surface area contributed by atoms with Crippen LogP contribution in [0.2, 0.25) is 0 Å². The Hall–Kier alpha value is -2.64. The average Bonchev–Trinajstić information content (AvgIpc) is 2.41. The lowest BCUT2D eigenvalue weighted by molar-refractivity contribution is -0.137. The molecule has 0 unspecified atom stereocenters. The Morgan fingerprint density at radius 2 is 2.30 bits per heavy atom. The van der Waals surface area contributed by atoms with Crippen molar-refractivity contribution in [2.75, 3.05) is 24.6 Å². The van der Waals surface area contributed by atoms with Crippen LogP contribution >= 0.6 is 0 Å². The molecule has 8 nitrogen and oxygen atoms in total. The van der Waals surface area contributed by atoms with Gasteiger partial charge in [0, 0.05) is 12.7 Å². The summed E-state index contributed by atoms with van der Waals surface area (Å²) in [5.74, 6) is -1.09. The Labute approximate surface area is 114 Å². The van der Waals surface area contributed by atoms with Crippen LogP contribution in [0.1, 0.15) is 6.42 Å². The molecule has 1 aromatic rings. The maximum atomic E-state index is 11.8. The number of carbonyl (C=O) groups is 3. The van der Waals surface area contributed by atoms with Gasteiger partial charge < -0.3 is 15.2 Å². The summed E-state index contributed by atoms with van der Waals surface area (Å²) in [5.41, 5.74) is 0. The van der Waals surface area contributed by atoms with E-state index in [1.54, 1.807) is 12.1 Å². The molecule has 1 aliphatic heterocycles. The van der Waals surface area contributed by atoms with Crippen molar-refractivity contribution in [3.63, 3.8) is 0 Å². The smallest absolute Gasteiger partial charge is 0.305 e. The van der Waals surface area contributed by atoms with Gasteiger partial charge in [-0.05, 0) is 12.1 Å². The Kier molecular flexibility index (Phi) is 4.14. The monoisotopic (exact) mass is 279 g/mol. The number of carboxylic acids is 1. The highest BCUT2D eigenvalue weighted by Gasteiger charge is 2.28. The van der Waals surface area contributed by atoms with Crippen molar-refractivity contribution in [1.29, 1.82) is 0 Å². The van der Waals surface area contributed by atoms with Gasteiger partial charge >= 0.3 is 5.97 Å². The van der Waals surface area contributed by atoms with Gasteiger partial charge in [0.05, 0.1) is 6.42 Å². The third kappa shape index (κ3) is 3.22. The lowest BCUT2D eigenvalue weighted by atomic mass is 10.3. The Morgan fingerprint density at radius 3 is 3.05 bits per heavy atom. The summed E-state index contributed by atoms with van der Waals surface area (Å²) in [6.07, 6.45) is 1.33. The van der Waals surface area contributed by atoms with E-state index >= 15 is 0 Å². The zero-order valence-electron chi connectivity index (χ0n) is 10.5. The highest BCUT2D eigenvalue weighted by Crippen LogP contribution is 2.28. The Morgan fingerprint density at radius 1 is 1.50 bits per heavy atom. The second-order valence-electron chi connectivity index (χ2n) is 4.09. The summed E-state index contributed by atoms with van der Waals surface area (Å²) in [7, 11) is 0. The molecule has 0 saturated heterocycles. The van der Waals surface area contributed by atoms with Crippen molar-refractivity contribution in [3.05, 3.63) is 18.3 Å². The SMILES string of the molecule is O=C(O)CCNC(=O)CN1C(=O)COc2cccnc21. The van der Waals surface area contributed by atoms with Gasteiger partial charge in [0.15, 0.2) is 18.2 Å². The first-order valence-electron chi connectivity index (χ1n) is 5.94. The van der Waals surface area contributed by atoms with E-state index in [-0.39, 0.29) is 37.8 Å². The van der Waals surface area contributed by atoms with Crippen molar-refractivity contribution in [2.45, 2.75) is 6.42 Å². The quantitative estimate of drug-likeness (QED) is 0.744. The fourth-order valence-corrected chi connectivity index (χ4v) is 1.70. The molecule has 2 heterocycles. The average molecular weight is 279 g/mol. The number of fused-ring (bicyclic) bond motifs is 1. The normalized spacial score (nSPS) is 13.4. The minimum Gasteiger partial charge on any atom is -0.481 e. The summed E-state index contributed by atoms with van der Waals surface area (Å²) < 4.78 is 5.20. The van der Waals surface area contributed by atoms with Crippen LogP contribution in [0.25, 0.3) is 0 Å². The van der Waals surface area contributed by atoms with Crippen LogP contribution in [-0.2, 0) is 14.4 Å². The van der Waals surface area contributed by atoms with E-state index in [0.29, 0.717) is 5.75 Å². The molecule has 1 aromatic heterocycles. The number of carbonyl (C=O) groups excluding carboxylic acids is 2. The molecule has 106 valence electrons. The van der Waals surface area contributed by atoms with Crippen LogP contribution in [0, 0.1) is 0 Å². The van der Waals surface area contributed by atoms with E-state index in [9.17, 15) is 14.4 Å². The molecule has 2 N–H and O–H groups in total. The summed E-state index contributed by atoms with van der Waals surface area (Å²) in [5, 5.41) is 10.9. The van der Waals surface area contributed by atoms with Crippen LogP contribution < -0.4 is 15.0 Å². The summed E-state index contributed by atoms with van der Waals surface area (Å²) in [6, 6.07) is 3.32. The third-order valence-corrected chi connectivity index (χ3v) is 2.62. The predicted molar refractivity (Wildman–Crippen MR) is 67.3 cm³/mol. The largest absolute Gasteiger partial charge is 0.481 e. The first-order valence-corrected chi connectivity index (χ1v) is 5.94. The molecule has 0 saturated carbocycles. The van der Waals surface area contributed by atoms with E-state index in [4.69, 9.17) is 9.84 Å². The molecule has 8 heteroatoms. The van der Waals surface area contributed by atoms with E-state index in [1.807, 2.05) is 0 Å². The molecular weight excluding hydrogens is 266 g/mol. The second-order valence-corrected chi connectivity index (χ2v) is 4.09. The lowest BCUT2D eigenvalue weighted by Crippen LogP contribution is -2.45. The van der Waals surface area contributed by atoms with Gasteiger partial charge in [0.2, 0.25) is 5.91 Å². The number of rotatable bonds is 5. The van der Waals surface area contributed by atoms with Crippen LogP contribution in [0.5, 0.6) is 5.75 Å². The molecule has 0 radical (unpaired) electrons. The standard InChI is InChI=1S/C12H13N3O5/c16-9(13-5-3-11(18)19)6-15-10(17)7-20-8-2-1-4-14-12(8)15/h1-2,4H,3,5-7H2,(H,13,16)(H,18,19). The zero-order valence-corrected chi connectivity index (χ0v) is 10.5. The molecule has 1 aliphatic rings. The Bertz CT molecular complexity index is 546. The van der Waals surface area contributed by atoms with Crippen molar-refractivity contribution in [1.82, 2.24) is 10.3 Å². The highest BCUT2D eigenvalue weighted by molar-refractivity contribution is 6.01. The van der Waals surface area contributed by atoms with Crippen LogP contribution in [-0.4, -0.2) is 47.6 Å². The topological polar surface area (TPSA) is 109 Å². The van der Waals surface area contributed by atoms with E-state index in [0.717, 1.165) is 0 Å². The fourth-order valence-electron chi connectivity index (χ4n) is 1.70. The summed E-state index contributed by atoms with van der Waals surface area (Å²) in [6.45, 7) is -0.352. The van der Waals surface area contributed by atoms with Gasteiger partial charge in [-0.2, -0.15) is 0 Å². The van der Waals surface area contributed by atoms with Crippen molar-refractivity contribution >= 4 is 23.6 Å². The van der Waals surface area contributed by atoms with E-state index in [2.05, 4.69) is 10.3 Å². The number of nitrogens with one attached hydrogen (secondary N) is 1. The number of carboxylic acid groups (broad SMARTS) is 1. The van der Waals surface area contributed by atoms with Gasteiger partial charge in [-0.1, -0.05) is 0 Å². The third-order valence-electron chi connectivity index (χ3n) is 2.62. The summed E-state index contributed by atoms with van der Waals surface area (Å²) in [4.78, 5) is 39.0. The van der Waals surface area contributed by atoms with Crippen molar-refractivity contribution < 1.29 is 24.2 Å². The van der Waals surface area contributed by atoms with Crippen LogP contribution in [0.3, 0.4) is 0 Å². The first kappa shape index (κ1) is 13.8. The maximum Gasteiger partial charge on any atom is 0.305 e. The van der Waals surface area contributed by atoms with Crippen molar-refractivity contribution in [3.8, 4) is 5.75 Å². The van der Waals surface area contributed by atoms with Gasteiger partial charge in [-0.15, -0.1) is 0 Å². The van der Waals surface area contributed by atoms with Gasteiger partial charge in [0.1, 0.15) is 6.54 Å². The molecule has 2 rings (SSSR count). The fraction of sp³-hybridized carbons (Fsp3) is 0.333. The maximum absolute atomic E-state index is 11.8. The zero-order chi connectivity index (χ0) is 14.5. The number of anilines is 1. The molecular formula is C12H13N3O5. The summed E-state index contributed by atoms with van der Waals surface area (Å²) >= 11 is 0. The number of aliphatic carboxylic acids is 1. The molecule has 0 spiro atoms. The number of amides is 2. The molecule has 2 amide bonds. The predicted octanol–water partition coefficient (Wildman–Crippen LogP) is -0.602. The molecule has 0 bridgehead atoms. The number of hydrogen-bond donors (Lipinski definition) is 2. The van der Waals surface area contributed by atoms with Crippen molar-refractivity contribution in [2.24, 2.45) is 0 Å². The first-order chi connectivity index (χ1) is 9.58. The number of nitrogens with zero attached hydrogens (tertiary/aromatic N) is 2. The lowest BCUT2D eigenvalue weighted by Gasteiger charge is -2.27. The molecule has 20 heavy (non-hydrogen) atoms. The molecule has 0 atom stereocenters. The highest BCUT2D eigenvalue weighted by atomic mass is 16.5. The second kappa shape index (κ2) is 6.00. The van der Waals surface area contributed by atoms with E-state index in [1.165, 1.54) is 11.1 Å². The van der Waals surface area contributed by atoms with Crippen LogP contribution in [0.4, 0.5) is 5.82 Å². The minimum absolute atomic E-state index is 0.0156. The Balaban J connectivity index is 1.99. The number of ether oxygens (including phenoxy) is 1. The minimum atomic E-state index is -1.00. The number of pyridine rings is 1. The molecule has 0 fully saturated rings. The van der Waals surface area contributed by atoms with Gasteiger partial charge in [0.25, 0.3) is 5.91 Å². The molecule has 0 aromatic carbocycles. The molecule has 0 aliphatic carbocycles. The van der Waals surface area contributed by atoms with Gasteiger partial charge in [-0.25, -0.2) is 4.98 Å².